The number of fused-ring (bicyclic) bond motifs is 5. The Bertz CT molecular complexity index is 1890. The van der Waals surface area contributed by atoms with Crippen molar-refractivity contribution in [2.45, 2.75) is 49.2 Å². The van der Waals surface area contributed by atoms with Crippen molar-refractivity contribution < 1.29 is 50.3 Å². The highest BCUT2D eigenvalue weighted by Crippen LogP contribution is 2.65. The van der Waals surface area contributed by atoms with Crippen LogP contribution in [-0.2, 0) is 36.7 Å². The van der Waals surface area contributed by atoms with Gasteiger partial charge in [-0.15, -0.1) is 5.10 Å². The number of imidazole rings is 1. The van der Waals surface area contributed by atoms with E-state index in [2.05, 4.69) is 36.9 Å². The molecule has 0 saturated carbocycles. The van der Waals surface area contributed by atoms with Gasteiger partial charge in [0.05, 0.1) is 30.6 Å². The summed E-state index contributed by atoms with van der Waals surface area (Å²) in [5.74, 6) is -0.725. The normalized spacial score (nSPS) is 35.4. The van der Waals surface area contributed by atoms with Crippen LogP contribution in [0.25, 0.3) is 22.2 Å². The number of nitrogens with zero attached hydrogens (tertiary/aromatic N) is 7. The predicted molar refractivity (Wildman–Crippen MR) is 158 cm³/mol. The number of nitrogen functional groups attached to an aromatic ring is 1. The van der Waals surface area contributed by atoms with E-state index in [1.54, 1.807) is 0 Å². The third kappa shape index (κ3) is 5.49. The molecule has 3 fully saturated rings. The number of hydrogen-bond donors (Lipinski definition) is 3. The third-order valence-corrected chi connectivity index (χ3v) is 12.6. The Morgan fingerprint density at radius 1 is 1.09 bits per heavy atom. The molecule has 3 aliphatic rings. The van der Waals surface area contributed by atoms with Gasteiger partial charge in [0.1, 0.15) is 41.8 Å². The molecule has 24 heteroatoms. The van der Waals surface area contributed by atoms with Crippen molar-refractivity contribution in [2.75, 3.05) is 18.9 Å². The van der Waals surface area contributed by atoms with Gasteiger partial charge in [-0.3, -0.25) is 27.5 Å². The smallest absolute Gasteiger partial charge is 0.382 e. The number of halogens is 2. The van der Waals surface area contributed by atoms with E-state index in [0.29, 0.717) is 10.4 Å². The first-order chi connectivity index (χ1) is 22.1. The summed E-state index contributed by atoms with van der Waals surface area (Å²) in [6, 6.07) is 4.47. The van der Waals surface area contributed by atoms with Gasteiger partial charge < -0.3 is 25.5 Å². The van der Waals surface area contributed by atoms with Crippen LogP contribution >= 0.6 is 37.1 Å². The molecule has 3 aliphatic heterocycles. The summed E-state index contributed by atoms with van der Waals surface area (Å²) in [6.45, 7) is -5.64. The minimum atomic E-state index is -4.35. The van der Waals surface area contributed by atoms with Crippen LogP contribution in [0.3, 0.4) is 0 Å². The summed E-state index contributed by atoms with van der Waals surface area (Å²) < 4.78 is 94.8. The van der Waals surface area contributed by atoms with E-state index in [4.69, 9.17) is 39.0 Å². The number of ether oxygens (including phenoxy) is 2. The maximum absolute atomic E-state index is 16.1. The highest BCUT2D eigenvalue weighted by atomic mass is 33.3. The van der Waals surface area contributed by atoms with Crippen molar-refractivity contribution in [3.05, 3.63) is 36.4 Å². The van der Waals surface area contributed by atoms with E-state index in [1.807, 2.05) is 0 Å². The van der Waals surface area contributed by atoms with Crippen molar-refractivity contribution in [3.8, 4) is 0 Å². The summed E-state index contributed by atoms with van der Waals surface area (Å²) in [5.41, 5.74) is 12.0. The molecule has 46 heavy (non-hydrogen) atoms. The monoisotopic (exact) mass is 721 g/mol. The lowest BCUT2D eigenvalue weighted by Crippen LogP contribution is -2.33. The van der Waals surface area contributed by atoms with Crippen LogP contribution in [0.15, 0.2) is 30.9 Å². The van der Waals surface area contributed by atoms with E-state index in [9.17, 15) is 13.9 Å². The predicted octanol–water partition coefficient (Wildman–Crippen LogP) is 2.32. The standard InChI is InChI=1S/C22H23F2N9O9P2S2/c23-12-10-5-38-44(36,46-45)42-16-11(40-21(13(16)24)32-7-29-15-18(25)27-6-28-20(15)32)4-37-43(35)41-17(12)22(39-10)33-9-3-1-2-8(19(26)34)14(9)30-31-33/h1-3,6-7,10-13,16-17,21-22,43,45H,4-5H2,(H2,26,34)(H2,25,27,28)/t10-,11-,12-,13-,16-,17-,21-,22-,44+/m1/s1. The number of nitrogens with two attached hydrogens (primary N) is 2. The Hall–Kier alpha value is -2.78. The molecular weight excluding hydrogens is 698 g/mol. The van der Waals surface area contributed by atoms with E-state index in [1.165, 1.54) is 29.1 Å². The van der Waals surface area contributed by atoms with Gasteiger partial charge in [0.25, 0.3) is 5.91 Å². The first kappa shape index (κ1) is 31.8. The molecule has 10 atom stereocenters. The van der Waals surface area contributed by atoms with E-state index in [-0.39, 0.29) is 33.6 Å². The third-order valence-electron chi connectivity index (χ3n) is 7.55. The van der Waals surface area contributed by atoms with E-state index in [0.717, 1.165) is 11.0 Å². The SMILES string of the molecule is NC(=O)c1cccc2c1nnn2[C@@H]1O[C@@H]2CO[P@](=O)(SS)O[C@H]3[C@@H](F)[C@H](n4cnc5c(N)ncnc54)O[C@@H]3CO[PH](=O)O[C@@H]1[C@@H]2F. The van der Waals surface area contributed by atoms with Crippen LogP contribution in [0.4, 0.5) is 14.6 Å². The Balaban J connectivity index is 1.19. The maximum atomic E-state index is 16.1. The lowest BCUT2D eigenvalue weighted by Gasteiger charge is -2.25. The molecule has 4 aromatic rings. The summed E-state index contributed by atoms with van der Waals surface area (Å²) >= 11 is 4.00. The second kappa shape index (κ2) is 12.3. The number of aromatic nitrogens is 7. The molecule has 1 aromatic carbocycles. The van der Waals surface area contributed by atoms with Crippen LogP contribution in [0.1, 0.15) is 22.8 Å². The second-order valence-corrected chi connectivity index (χ2v) is 16.1. The molecule has 3 aromatic heterocycles. The fourth-order valence-corrected chi connectivity index (χ4v) is 8.79. The fourth-order valence-electron chi connectivity index (χ4n) is 5.42. The summed E-state index contributed by atoms with van der Waals surface area (Å²) in [7, 11) is -3.20. The number of amides is 1. The van der Waals surface area contributed by atoms with E-state index < -0.39 is 83.4 Å². The lowest BCUT2D eigenvalue weighted by molar-refractivity contribution is -0.0598. The summed E-state index contributed by atoms with van der Waals surface area (Å²) in [6.07, 6.45) is -10.5. The number of rotatable bonds is 4. The van der Waals surface area contributed by atoms with Crippen molar-refractivity contribution in [1.82, 2.24) is 34.5 Å². The van der Waals surface area contributed by atoms with E-state index >= 15 is 8.78 Å². The fraction of sp³-hybridized carbons (Fsp3) is 0.455. The van der Waals surface area contributed by atoms with Crippen LogP contribution in [0.5, 0.6) is 0 Å². The van der Waals surface area contributed by atoms with Crippen LogP contribution in [0, 0.1) is 0 Å². The number of thiol groups is 1. The van der Waals surface area contributed by atoms with Crippen LogP contribution < -0.4 is 11.5 Å². The molecule has 1 unspecified atom stereocenters. The molecular formula is C22H23F2N9O9P2S2. The average molecular weight is 722 g/mol. The van der Waals surface area contributed by atoms with Gasteiger partial charge >= 0.3 is 15.1 Å². The quantitative estimate of drug-likeness (QED) is 0.156. The first-order valence-corrected chi connectivity index (χ1v) is 18.6. The number of hydrogen-bond acceptors (Lipinski definition) is 17. The number of carbonyl (C=O) groups excluding carboxylic acids is 1. The molecule has 0 spiro atoms. The topological polar surface area (TPSA) is 233 Å². The number of primary amides is 1. The zero-order chi connectivity index (χ0) is 32.3. The van der Waals surface area contributed by atoms with Crippen molar-refractivity contribution in [2.24, 2.45) is 5.73 Å². The zero-order valence-corrected chi connectivity index (χ0v) is 26.5. The van der Waals surface area contributed by atoms with Gasteiger partial charge in [-0.1, -0.05) is 22.9 Å². The molecule has 4 N–H and O–H groups in total. The van der Waals surface area contributed by atoms with Crippen LogP contribution in [0.2, 0.25) is 0 Å². The van der Waals surface area contributed by atoms with Gasteiger partial charge in [-0.25, -0.2) is 33.0 Å². The van der Waals surface area contributed by atoms with Crippen molar-refractivity contribution >= 4 is 71.0 Å². The molecule has 0 aliphatic carbocycles. The average Bonchev–Trinajstić information content (AvgIpc) is 3.80. The summed E-state index contributed by atoms with van der Waals surface area (Å²) in [4.78, 5) is 24.0. The highest BCUT2D eigenvalue weighted by molar-refractivity contribution is 8.93. The Morgan fingerprint density at radius 3 is 2.67 bits per heavy atom. The highest BCUT2D eigenvalue weighted by Gasteiger charge is 2.54. The minimum absolute atomic E-state index is 0.0490. The number of alkyl halides is 2. The number of carbonyl (C=O) groups is 1. The number of anilines is 1. The molecule has 3 saturated heterocycles. The van der Waals surface area contributed by atoms with Crippen molar-refractivity contribution in [3.63, 3.8) is 0 Å². The van der Waals surface area contributed by atoms with Gasteiger partial charge in [-0.2, -0.15) is 0 Å². The Morgan fingerprint density at radius 2 is 1.89 bits per heavy atom. The second-order valence-electron chi connectivity index (χ2n) is 10.2. The lowest BCUT2D eigenvalue weighted by atomic mass is 10.1. The molecule has 2 bridgehead atoms. The largest absolute Gasteiger partial charge is 0.399 e. The van der Waals surface area contributed by atoms with Crippen molar-refractivity contribution in [1.29, 1.82) is 0 Å². The first-order valence-electron chi connectivity index (χ1n) is 13.3. The minimum Gasteiger partial charge on any atom is -0.382 e. The van der Waals surface area contributed by atoms with Crippen LogP contribution in [-0.4, -0.2) is 90.4 Å². The number of benzene rings is 1. The zero-order valence-electron chi connectivity index (χ0n) is 22.9. The summed E-state index contributed by atoms with van der Waals surface area (Å²) in [5, 5.41) is 7.96. The van der Waals surface area contributed by atoms with Gasteiger partial charge in [-0.05, 0) is 12.1 Å². The molecule has 0 radical (unpaired) electrons. The molecule has 18 nitrogen and oxygen atoms in total. The molecule has 7 rings (SSSR count). The molecule has 1 amide bonds. The maximum Gasteiger partial charge on any atom is 0.399 e. The Labute approximate surface area is 265 Å². The van der Waals surface area contributed by atoms with Gasteiger partial charge in [0.15, 0.2) is 36.3 Å². The molecule has 6 heterocycles. The molecule has 246 valence electrons. The Kier molecular flexibility index (Phi) is 8.54. The van der Waals surface area contributed by atoms with Gasteiger partial charge in [0, 0.05) is 10.4 Å². The van der Waals surface area contributed by atoms with Gasteiger partial charge in [0.2, 0.25) is 0 Å².